The minimum Gasteiger partial charge on any atom is -0.332 e. The molecule has 156 valence electrons. The van der Waals surface area contributed by atoms with Crippen molar-refractivity contribution >= 4 is 11.7 Å². The van der Waals surface area contributed by atoms with Crippen molar-refractivity contribution in [2.45, 2.75) is 50.1 Å². The van der Waals surface area contributed by atoms with Gasteiger partial charge in [-0.3, -0.25) is 4.79 Å². The van der Waals surface area contributed by atoms with Crippen LogP contribution in [0.2, 0.25) is 0 Å². The summed E-state index contributed by atoms with van der Waals surface area (Å²) in [4.78, 5) is 22.6. The molecule has 0 N–H and O–H groups in total. The first-order valence-electron chi connectivity index (χ1n) is 9.70. The summed E-state index contributed by atoms with van der Waals surface area (Å²) in [5.74, 6) is -2.29. The van der Waals surface area contributed by atoms with Gasteiger partial charge in [-0.2, -0.15) is 10.1 Å². The number of nitrogens with zero attached hydrogens (tertiary/aromatic N) is 5. The van der Waals surface area contributed by atoms with Crippen LogP contribution in [0.4, 0.5) is 17.6 Å². The van der Waals surface area contributed by atoms with Crippen molar-refractivity contribution in [2.75, 3.05) is 0 Å². The van der Waals surface area contributed by atoms with Crippen LogP contribution in [0.1, 0.15) is 59.8 Å². The first-order chi connectivity index (χ1) is 14.4. The second-order valence-electron chi connectivity index (χ2n) is 7.73. The average Bonchev–Trinajstić information content (AvgIpc) is 3.29. The van der Waals surface area contributed by atoms with Crippen molar-refractivity contribution in [1.29, 1.82) is 0 Å². The molecule has 3 aromatic rings. The van der Waals surface area contributed by atoms with Crippen molar-refractivity contribution in [3.8, 4) is 0 Å². The molecule has 3 atom stereocenters. The number of fused-ring (bicyclic) bond motifs is 3. The average molecular weight is 419 g/mol. The van der Waals surface area contributed by atoms with Crippen LogP contribution in [0.3, 0.4) is 0 Å². The van der Waals surface area contributed by atoms with E-state index in [0.717, 1.165) is 18.6 Å². The van der Waals surface area contributed by atoms with Crippen LogP contribution in [0.25, 0.3) is 5.78 Å². The Hall–Kier alpha value is -3.04. The lowest BCUT2D eigenvalue weighted by molar-refractivity contribution is 0.0552. The smallest absolute Gasteiger partial charge is 0.280 e. The van der Waals surface area contributed by atoms with Crippen LogP contribution < -0.4 is 0 Å². The Bertz CT molecular complexity index is 1110. The number of hydrogen-bond donors (Lipinski definition) is 0. The molecule has 0 aliphatic carbocycles. The molecular weight excluding hydrogens is 402 g/mol. The maximum absolute atomic E-state index is 13.7. The second-order valence-corrected chi connectivity index (χ2v) is 7.73. The van der Waals surface area contributed by atoms with Crippen LogP contribution in [0.5, 0.6) is 0 Å². The third-order valence-electron chi connectivity index (χ3n) is 6.07. The Balaban J connectivity index is 1.55. The molecule has 30 heavy (non-hydrogen) atoms. The van der Waals surface area contributed by atoms with Crippen LogP contribution in [-0.2, 0) is 0 Å². The van der Waals surface area contributed by atoms with Gasteiger partial charge in [-0.25, -0.2) is 27.1 Å². The number of halogens is 4. The quantitative estimate of drug-likeness (QED) is 0.605. The number of amides is 1. The topological polar surface area (TPSA) is 63.4 Å². The van der Waals surface area contributed by atoms with Gasteiger partial charge in [-0.15, -0.1) is 0 Å². The Morgan fingerprint density at radius 2 is 1.77 bits per heavy atom. The van der Waals surface area contributed by atoms with Crippen LogP contribution in [0.15, 0.2) is 30.6 Å². The monoisotopic (exact) mass is 419 g/mol. The summed E-state index contributed by atoms with van der Waals surface area (Å²) in [5.41, 5.74) is 0.0658. The van der Waals surface area contributed by atoms with Crippen LogP contribution in [-0.4, -0.2) is 42.5 Å². The summed E-state index contributed by atoms with van der Waals surface area (Å²) in [6, 6.07) is 3.74. The van der Waals surface area contributed by atoms with E-state index in [-0.39, 0.29) is 29.3 Å². The second kappa shape index (κ2) is 7.03. The fourth-order valence-electron chi connectivity index (χ4n) is 4.87. The lowest BCUT2D eigenvalue weighted by Gasteiger charge is -2.40. The third-order valence-corrected chi connectivity index (χ3v) is 6.07. The maximum atomic E-state index is 13.7. The number of rotatable bonds is 3. The molecular formula is C20H17F4N5O. The minimum absolute atomic E-state index is 0.0484. The molecule has 0 saturated carbocycles. The number of carbonyl (C=O) groups is 1. The molecule has 2 saturated heterocycles. The lowest BCUT2D eigenvalue weighted by Crippen LogP contribution is -2.47. The highest BCUT2D eigenvalue weighted by molar-refractivity contribution is 5.95. The van der Waals surface area contributed by atoms with Gasteiger partial charge in [0.15, 0.2) is 0 Å². The van der Waals surface area contributed by atoms with Crippen molar-refractivity contribution in [2.24, 2.45) is 0 Å². The van der Waals surface area contributed by atoms with E-state index in [2.05, 4.69) is 15.1 Å². The highest BCUT2D eigenvalue weighted by Gasteiger charge is 2.46. The first kappa shape index (κ1) is 19.0. The van der Waals surface area contributed by atoms with E-state index in [4.69, 9.17) is 0 Å². The van der Waals surface area contributed by atoms with E-state index < -0.39 is 29.7 Å². The summed E-state index contributed by atoms with van der Waals surface area (Å²) >= 11 is 0. The van der Waals surface area contributed by atoms with Crippen molar-refractivity contribution in [3.63, 3.8) is 0 Å². The molecule has 2 aromatic heterocycles. The molecule has 1 aromatic carbocycles. The van der Waals surface area contributed by atoms with Gasteiger partial charge in [0.25, 0.3) is 18.1 Å². The fraction of sp³-hybridized carbons (Fsp3) is 0.400. The molecule has 2 unspecified atom stereocenters. The molecule has 4 heterocycles. The Labute approximate surface area is 168 Å². The van der Waals surface area contributed by atoms with E-state index in [0.29, 0.717) is 31.0 Å². The van der Waals surface area contributed by atoms with Crippen LogP contribution >= 0.6 is 0 Å². The van der Waals surface area contributed by atoms with Gasteiger partial charge >= 0.3 is 0 Å². The number of aromatic nitrogens is 4. The Kier molecular flexibility index (Phi) is 4.44. The van der Waals surface area contributed by atoms with Crippen molar-refractivity contribution in [3.05, 3.63) is 59.2 Å². The van der Waals surface area contributed by atoms with Gasteiger partial charge in [0.1, 0.15) is 23.7 Å². The van der Waals surface area contributed by atoms with Gasteiger partial charge in [-0.05, 0) is 43.9 Å². The van der Waals surface area contributed by atoms with Gasteiger partial charge in [0, 0.05) is 29.6 Å². The zero-order chi connectivity index (χ0) is 21.0. The summed E-state index contributed by atoms with van der Waals surface area (Å²) < 4.78 is 55.5. The zero-order valence-electron chi connectivity index (χ0n) is 15.7. The molecule has 10 heteroatoms. The zero-order valence-corrected chi connectivity index (χ0v) is 15.7. The lowest BCUT2D eigenvalue weighted by atomic mass is 9.86. The third kappa shape index (κ3) is 3.01. The number of alkyl halides is 2. The van der Waals surface area contributed by atoms with E-state index >= 15 is 0 Å². The van der Waals surface area contributed by atoms with Crippen molar-refractivity contribution in [1.82, 2.24) is 24.5 Å². The van der Waals surface area contributed by atoms with Gasteiger partial charge < -0.3 is 4.90 Å². The summed E-state index contributed by atoms with van der Waals surface area (Å²) in [6.07, 6.45) is 1.24. The van der Waals surface area contributed by atoms with Crippen LogP contribution in [0, 0.1) is 11.6 Å². The number of hydrogen-bond acceptors (Lipinski definition) is 4. The molecule has 6 nitrogen and oxygen atoms in total. The first-order valence-corrected chi connectivity index (χ1v) is 9.70. The summed E-state index contributed by atoms with van der Waals surface area (Å²) in [5, 5.41) is 4.12. The molecule has 2 aliphatic heterocycles. The molecule has 2 aliphatic rings. The van der Waals surface area contributed by atoms with E-state index in [1.807, 2.05) is 0 Å². The highest BCUT2D eigenvalue weighted by Crippen LogP contribution is 2.45. The highest BCUT2D eigenvalue weighted by atomic mass is 19.3. The van der Waals surface area contributed by atoms with E-state index in [1.165, 1.54) is 16.9 Å². The Morgan fingerprint density at radius 3 is 2.50 bits per heavy atom. The van der Waals surface area contributed by atoms with E-state index in [1.54, 1.807) is 4.90 Å². The molecule has 2 fully saturated rings. The molecule has 1 amide bonds. The SMILES string of the molecule is O=C(c1cc(F)cc(F)c1)N1C2CC[C@H]1CCC2c1cc(C(F)F)nc2ncnn12. The molecule has 5 rings (SSSR count). The minimum atomic E-state index is -2.77. The molecule has 0 radical (unpaired) electrons. The fourth-order valence-corrected chi connectivity index (χ4v) is 4.87. The predicted octanol–water partition coefficient (Wildman–Crippen LogP) is 3.89. The standard InChI is InChI=1S/C20H17F4N5O/c21-11-5-10(6-12(22)7-11)19(30)28-13-1-3-14(16(28)4-2-13)17-8-15(18(23)24)27-20-25-9-26-29(17)20/h5-9,13-14,16,18H,1-4H2/t13-,14?,16?/m1/s1. The predicted molar refractivity (Wildman–Crippen MR) is 97.1 cm³/mol. The van der Waals surface area contributed by atoms with Crippen molar-refractivity contribution < 1.29 is 22.4 Å². The van der Waals surface area contributed by atoms with Gasteiger partial charge in [0.2, 0.25) is 0 Å². The Morgan fingerprint density at radius 1 is 1.03 bits per heavy atom. The largest absolute Gasteiger partial charge is 0.332 e. The normalized spacial score (nSPS) is 23.5. The van der Waals surface area contributed by atoms with Gasteiger partial charge in [0.05, 0.1) is 5.69 Å². The van der Waals surface area contributed by atoms with Gasteiger partial charge in [-0.1, -0.05) is 0 Å². The molecule has 2 bridgehead atoms. The maximum Gasteiger partial charge on any atom is 0.280 e. The molecule has 0 spiro atoms. The van der Waals surface area contributed by atoms with E-state index in [9.17, 15) is 22.4 Å². The number of benzene rings is 1. The summed E-state index contributed by atoms with van der Waals surface area (Å²) in [7, 11) is 0. The number of piperidine rings is 1. The number of carbonyl (C=O) groups excluding carboxylic acids is 1. The summed E-state index contributed by atoms with van der Waals surface area (Å²) in [6.45, 7) is 0.